The van der Waals surface area contributed by atoms with Gasteiger partial charge in [-0.25, -0.2) is 9.59 Å². The Balaban J connectivity index is 1.20. The third-order valence-corrected chi connectivity index (χ3v) is 11.7. The van der Waals surface area contributed by atoms with Crippen LogP contribution in [-0.2, 0) is 41.7 Å². The summed E-state index contributed by atoms with van der Waals surface area (Å²) in [6, 6.07) is 9.66. The van der Waals surface area contributed by atoms with Gasteiger partial charge in [0, 0.05) is 42.9 Å². The molecule has 0 bridgehead atoms. The van der Waals surface area contributed by atoms with Crippen molar-refractivity contribution >= 4 is 47.3 Å². The molecule has 0 radical (unpaired) electrons. The highest BCUT2D eigenvalue weighted by Crippen LogP contribution is 2.50. The molecule has 0 aromatic heterocycles. The molecule has 0 saturated carbocycles. The zero-order valence-corrected chi connectivity index (χ0v) is 39.7. The fourth-order valence-electron chi connectivity index (χ4n) is 8.08. The molecule has 0 fully saturated rings. The van der Waals surface area contributed by atoms with E-state index in [4.69, 9.17) is 29.4 Å². The molecule has 7 N–H and O–H groups in total. The van der Waals surface area contributed by atoms with Crippen molar-refractivity contribution in [3.63, 3.8) is 0 Å². The Morgan fingerprint density at radius 2 is 1.48 bits per heavy atom. The van der Waals surface area contributed by atoms with Crippen LogP contribution in [0.2, 0.25) is 0 Å². The van der Waals surface area contributed by atoms with E-state index in [9.17, 15) is 38.4 Å². The van der Waals surface area contributed by atoms with Crippen molar-refractivity contribution in [2.24, 2.45) is 11.7 Å². The van der Waals surface area contributed by atoms with Gasteiger partial charge in [-0.2, -0.15) is 0 Å². The van der Waals surface area contributed by atoms with Crippen LogP contribution in [0, 0.1) is 5.92 Å². The van der Waals surface area contributed by atoms with E-state index in [2.05, 4.69) is 26.6 Å². The normalized spacial score (nSPS) is 14.6. The molecule has 0 unspecified atom stereocenters. The van der Waals surface area contributed by atoms with Crippen LogP contribution in [0.5, 0.6) is 23.0 Å². The van der Waals surface area contributed by atoms with Crippen LogP contribution in [0.25, 0.3) is 11.1 Å². The number of rotatable bonds is 23. The number of urea groups is 1. The van der Waals surface area contributed by atoms with Gasteiger partial charge >= 0.3 is 12.1 Å². The maximum absolute atomic E-state index is 13.7. The number of ether oxygens (including phenoxy) is 5. The lowest BCUT2D eigenvalue weighted by Gasteiger charge is -2.25. The molecule has 20 nitrogen and oxygen atoms in total. The van der Waals surface area contributed by atoms with E-state index in [1.807, 2.05) is 6.07 Å². The van der Waals surface area contributed by atoms with E-state index in [1.165, 1.54) is 46.7 Å². The number of carbonyl (C=O) groups is 7. The topological polar surface area (TPSA) is 272 Å². The zero-order chi connectivity index (χ0) is 50.2. The number of nitrogens with one attached hydrogen (secondary N) is 5. The summed E-state index contributed by atoms with van der Waals surface area (Å²) in [6.07, 6.45) is 4.62. The van der Waals surface area contributed by atoms with Crippen LogP contribution in [-0.4, -0.2) is 100 Å². The number of anilines is 1. The van der Waals surface area contributed by atoms with Crippen molar-refractivity contribution in [1.82, 2.24) is 26.2 Å². The number of hydrogen-bond donors (Lipinski definition) is 6. The summed E-state index contributed by atoms with van der Waals surface area (Å²) in [5.74, 6) is -1.24. The molecule has 5 rings (SSSR count). The highest BCUT2D eigenvalue weighted by Gasteiger charge is 2.32. The van der Waals surface area contributed by atoms with E-state index in [-0.39, 0.29) is 73.8 Å². The monoisotopic (exact) mass is 955 g/mol. The summed E-state index contributed by atoms with van der Waals surface area (Å²) in [7, 11) is 5.94. The summed E-state index contributed by atoms with van der Waals surface area (Å²) in [4.78, 5) is 103. The first-order valence-corrected chi connectivity index (χ1v) is 22.6. The second-order valence-electron chi connectivity index (χ2n) is 16.7. The SMILES string of the molecule is COc1cc2c(c(OC)c1OC)-c1ccc(OC)c(=O)cc1[C@H](NC(=O)OCc1ccc(NC(=O)[C@H](CCCNC(N)=O)NC(=O)[C@@H](NC(=O)CCCCCN3C(=O)C=CC3=O)C(C)C)cc1)CC2. The predicted molar refractivity (Wildman–Crippen MR) is 254 cm³/mol. The van der Waals surface area contributed by atoms with E-state index in [0.717, 1.165) is 10.5 Å². The number of nitrogens with zero attached hydrogens (tertiary/aromatic N) is 1. The Labute approximate surface area is 400 Å². The maximum atomic E-state index is 13.7. The molecule has 8 amide bonds. The number of amides is 8. The molecule has 1 aliphatic heterocycles. The van der Waals surface area contributed by atoms with E-state index in [0.29, 0.717) is 77.3 Å². The average molecular weight is 956 g/mol. The number of carbonyl (C=O) groups excluding carboxylic acids is 7. The van der Waals surface area contributed by atoms with Crippen molar-refractivity contribution in [3.8, 4) is 34.1 Å². The second-order valence-corrected chi connectivity index (χ2v) is 16.7. The van der Waals surface area contributed by atoms with Gasteiger partial charge in [0.2, 0.25) is 28.9 Å². The van der Waals surface area contributed by atoms with Gasteiger partial charge in [0.25, 0.3) is 11.8 Å². The first-order chi connectivity index (χ1) is 33.1. The number of hydrogen-bond acceptors (Lipinski definition) is 13. The quantitative estimate of drug-likeness (QED) is 0.0577. The van der Waals surface area contributed by atoms with Crippen molar-refractivity contribution < 1.29 is 57.2 Å². The van der Waals surface area contributed by atoms with Crippen LogP contribution in [0.1, 0.15) is 81.5 Å². The highest BCUT2D eigenvalue weighted by atomic mass is 16.5. The fraction of sp³-hybridized carbons (Fsp3) is 0.429. The molecule has 1 heterocycles. The Bertz CT molecular complexity index is 2460. The number of methoxy groups -OCH3 is 4. The number of imide groups is 1. The summed E-state index contributed by atoms with van der Waals surface area (Å²) in [5, 5.41) is 13.7. The minimum absolute atomic E-state index is 0.107. The van der Waals surface area contributed by atoms with Crippen LogP contribution >= 0.6 is 0 Å². The lowest BCUT2D eigenvalue weighted by atomic mass is 9.95. The highest BCUT2D eigenvalue weighted by molar-refractivity contribution is 6.12. The number of alkyl carbamates (subject to hydrolysis) is 1. The number of aryl methyl sites for hydroxylation is 1. The molecule has 370 valence electrons. The smallest absolute Gasteiger partial charge is 0.407 e. The van der Waals surface area contributed by atoms with Gasteiger partial charge in [0.1, 0.15) is 18.7 Å². The number of unbranched alkanes of at least 4 members (excludes halogenated alkanes) is 2. The van der Waals surface area contributed by atoms with Crippen molar-refractivity contribution in [3.05, 3.63) is 87.6 Å². The van der Waals surface area contributed by atoms with Gasteiger partial charge in [0.15, 0.2) is 17.2 Å². The van der Waals surface area contributed by atoms with Gasteiger partial charge in [-0.1, -0.05) is 38.5 Å². The first-order valence-electron chi connectivity index (χ1n) is 22.6. The Morgan fingerprint density at radius 3 is 2.12 bits per heavy atom. The minimum atomic E-state index is -1.07. The van der Waals surface area contributed by atoms with E-state index >= 15 is 0 Å². The van der Waals surface area contributed by atoms with Gasteiger partial charge < -0.3 is 56.0 Å². The Kier molecular flexibility index (Phi) is 18.9. The lowest BCUT2D eigenvalue weighted by molar-refractivity contribution is -0.137. The van der Waals surface area contributed by atoms with Gasteiger partial charge in [-0.3, -0.25) is 33.7 Å². The van der Waals surface area contributed by atoms with Gasteiger partial charge in [0.05, 0.1) is 34.5 Å². The van der Waals surface area contributed by atoms with Crippen LogP contribution in [0.15, 0.2) is 65.5 Å². The number of benzene rings is 2. The maximum Gasteiger partial charge on any atom is 0.407 e. The molecule has 20 heteroatoms. The Hall–Kier alpha value is -7.64. The van der Waals surface area contributed by atoms with Gasteiger partial charge in [-0.15, -0.1) is 0 Å². The molecule has 0 saturated heterocycles. The number of fused-ring (bicyclic) bond motifs is 3. The predicted octanol–water partition coefficient (Wildman–Crippen LogP) is 4.16. The summed E-state index contributed by atoms with van der Waals surface area (Å²) in [5.41, 5.74) is 8.44. The van der Waals surface area contributed by atoms with Crippen molar-refractivity contribution in [1.29, 1.82) is 0 Å². The van der Waals surface area contributed by atoms with Crippen LogP contribution in [0.4, 0.5) is 15.3 Å². The van der Waals surface area contributed by atoms with E-state index < -0.39 is 42.1 Å². The largest absolute Gasteiger partial charge is 0.493 e. The molecule has 2 aliphatic rings. The molecule has 3 aromatic carbocycles. The lowest BCUT2D eigenvalue weighted by Crippen LogP contribution is -2.54. The fourth-order valence-corrected chi connectivity index (χ4v) is 8.08. The molecular formula is C49H61N7O13. The molecule has 69 heavy (non-hydrogen) atoms. The van der Waals surface area contributed by atoms with Crippen molar-refractivity contribution in [2.45, 2.75) is 89.9 Å². The van der Waals surface area contributed by atoms with Crippen LogP contribution in [0.3, 0.4) is 0 Å². The summed E-state index contributed by atoms with van der Waals surface area (Å²) >= 11 is 0. The molecule has 3 atom stereocenters. The summed E-state index contributed by atoms with van der Waals surface area (Å²) in [6.45, 7) is 3.77. The number of primary amides is 1. The first kappa shape index (κ1) is 52.3. The molecular weight excluding hydrogens is 895 g/mol. The third kappa shape index (κ3) is 14.0. The van der Waals surface area contributed by atoms with Gasteiger partial charge in [-0.05, 0) is 97.0 Å². The molecule has 0 spiro atoms. The third-order valence-electron chi connectivity index (χ3n) is 11.7. The average Bonchev–Trinajstić information content (AvgIpc) is 3.45. The summed E-state index contributed by atoms with van der Waals surface area (Å²) < 4.78 is 28.1. The molecule has 1 aliphatic carbocycles. The number of nitrogens with two attached hydrogens (primary N) is 1. The minimum Gasteiger partial charge on any atom is -0.493 e. The Morgan fingerprint density at radius 1 is 0.783 bits per heavy atom. The van der Waals surface area contributed by atoms with Crippen LogP contribution < -0.4 is 56.7 Å². The second kappa shape index (κ2) is 24.9. The standard InChI is InChI=1S/C49H61N7O13/c1-28(2)43(55-39(58)12-8-7-9-24-56-40(59)21-22-41(56)60)47(62)53-35(11-10-23-51-48(50)63)46(61)52-31-16-13-29(14-17-31)27-69-49(64)54-34-19-15-30-25-38(66-4)44(67-5)45(68-6)42(30)32-18-20-37(65-3)36(57)26-33(32)34/h13-14,16-18,20-22,25-26,28,34-35,43H,7-12,15,19,23-24,27H2,1-6H3,(H,52,61)(H,53,62)(H,54,64)(H,55,58)(H3,50,51,63)/t34-,35+,43+/m1/s1. The zero-order valence-electron chi connectivity index (χ0n) is 39.7. The van der Waals surface area contributed by atoms with E-state index in [1.54, 1.807) is 50.2 Å². The van der Waals surface area contributed by atoms with Crippen molar-refractivity contribution in [2.75, 3.05) is 46.8 Å². The molecule has 3 aromatic rings.